The van der Waals surface area contributed by atoms with Gasteiger partial charge < -0.3 is 5.32 Å². The molecule has 1 fully saturated rings. The van der Waals surface area contributed by atoms with E-state index < -0.39 is 0 Å². The van der Waals surface area contributed by atoms with E-state index in [1.165, 1.54) is 0 Å². The Morgan fingerprint density at radius 1 is 1.53 bits per heavy atom. The van der Waals surface area contributed by atoms with Crippen molar-refractivity contribution in [1.82, 2.24) is 5.32 Å². The lowest BCUT2D eigenvalue weighted by atomic mass is 9.91. The monoisotopic (exact) mass is 209 g/mol. The Morgan fingerprint density at radius 2 is 2.13 bits per heavy atom. The van der Waals surface area contributed by atoms with Crippen LogP contribution < -0.4 is 5.32 Å². The van der Waals surface area contributed by atoms with Crippen LogP contribution in [0.25, 0.3) is 0 Å². The van der Waals surface area contributed by atoms with Crippen LogP contribution >= 0.6 is 0 Å². The van der Waals surface area contributed by atoms with Gasteiger partial charge in [0.2, 0.25) is 5.91 Å². The number of amides is 1. The molecule has 1 saturated carbocycles. The fourth-order valence-corrected chi connectivity index (χ4v) is 1.74. The molecule has 3 nitrogen and oxygen atoms in total. The number of hydrogen-bond acceptors (Lipinski definition) is 2. The van der Waals surface area contributed by atoms with Gasteiger partial charge in [-0.05, 0) is 32.1 Å². The summed E-state index contributed by atoms with van der Waals surface area (Å²) < 4.78 is 0. The first kappa shape index (κ1) is 12.0. The van der Waals surface area contributed by atoms with Gasteiger partial charge in [-0.2, -0.15) is 0 Å². The van der Waals surface area contributed by atoms with E-state index in [1.54, 1.807) is 0 Å². The summed E-state index contributed by atoms with van der Waals surface area (Å²) in [5.74, 6) is 2.20. The van der Waals surface area contributed by atoms with E-state index in [4.69, 9.17) is 0 Å². The van der Waals surface area contributed by atoms with Crippen LogP contribution in [0.15, 0.2) is 5.57 Å². The molecular weight excluding hydrogens is 190 g/mol. The first-order valence-corrected chi connectivity index (χ1v) is 5.70. The minimum absolute atomic E-state index is 0.0908. The number of carbonyl (C=O) groups excluding carboxylic acids is 2. The van der Waals surface area contributed by atoms with E-state index in [9.17, 15) is 9.59 Å². The number of hydrogen-bond donors (Lipinski definition) is 1. The Bertz CT molecular complexity index is 269. The zero-order chi connectivity index (χ0) is 11.3. The summed E-state index contributed by atoms with van der Waals surface area (Å²) in [6.45, 7) is 3.95. The highest BCUT2D eigenvalue weighted by Gasteiger charge is 2.20. The minimum Gasteiger partial charge on any atom is -0.353 e. The number of carbonyl (C=O) groups is 1. The Balaban J connectivity index is 2.35. The normalized spacial score (nSPS) is 23.1. The lowest BCUT2D eigenvalue weighted by Gasteiger charge is -2.24. The molecule has 0 spiro atoms. The summed E-state index contributed by atoms with van der Waals surface area (Å²) in [6.07, 6.45) is 4.21. The maximum absolute atomic E-state index is 11.6. The molecule has 0 radical (unpaired) electrons. The highest BCUT2D eigenvalue weighted by molar-refractivity contribution is 5.78. The summed E-state index contributed by atoms with van der Waals surface area (Å²) in [6, 6.07) is 0.253. The van der Waals surface area contributed by atoms with Crippen LogP contribution in [0.1, 0.15) is 46.0 Å². The molecule has 1 unspecified atom stereocenters. The number of rotatable bonds is 3. The summed E-state index contributed by atoms with van der Waals surface area (Å²) in [7, 11) is 0. The van der Waals surface area contributed by atoms with Crippen molar-refractivity contribution >= 4 is 11.8 Å². The van der Waals surface area contributed by atoms with Gasteiger partial charge in [-0.1, -0.05) is 13.8 Å². The van der Waals surface area contributed by atoms with E-state index >= 15 is 0 Å². The second kappa shape index (κ2) is 5.72. The molecule has 0 bridgehead atoms. The molecule has 1 atom stereocenters. The van der Waals surface area contributed by atoms with E-state index in [0.29, 0.717) is 0 Å². The Kier molecular flexibility index (Phi) is 4.57. The zero-order valence-corrected chi connectivity index (χ0v) is 9.51. The summed E-state index contributed by atoms with van der Waals surface area (Å²) in [4.78, 5) is 22.0. The SMILES string of the molecule is CCC(C)C(=O)NC1CCC(=C=O)CC1. The molecule has 15 heavy (non-hydrogen) atoms. The smallest absolute Gasteiger partial charge is 0.223 e. The lowest BCUT2D eigenvalue weighted by molar-refractivity contribution is -0.125. The van der Waals surface area contributed by atoms with Gasteiger partial charge in [0.25, 0.3) is 0 Å². The molecule has 0 aromatic heterocycles. The topological polar surface area (TPSA) is 46.2 Å². The molecule has 1 amide bonds. The van der Waals surface area contributed by atoms with Crippen LogP contribution in [0.3, 0.4) is 0 Å². The van der Waals surface area contributed by atoms with Crippen molar-refractivity contribution in [3.63, 3.8) is 0 Å². The van der Waals surface area contributed by atoms with E-state index in [1.807, 2.05) is 19.8 Å². The number of allylic oxidation sites excluding steroid dienone is 1. The molecule has 0 saturated heterocycles. The molecule has 3 heteroatoms. The molecule has 1 N–H and O–H groups in total. The maximum atomic E-state index is 11.6. The van der Waals surface area contributed by atoms with Gasteiger partial charge in [-0.15, -0.1) is 0 Å². The second-order valence-corrected chi connectivity index (χ2v) is 4.30. The first-order chi connectivity index (χ1) is 7.17. The maximum Gasteiger partial charge on any atom is 0.223 e. The lowest BCUT2D eigenvalue weighted by Crippen LogP contribution is -2.39. The zero-order valence-electron chi connectivity index (χ0n) is 9.51. The van der Waals surface area contributed by atoms with E-state index in [-0.39, 0.29) is 17.9 Å². The van der Waals surface area contributed by atoms with Crippen molar-refractivity contribution in [1.29, 1.82) is 0 Å². The minimum atomic E-state index is 0.0908. The van der Waals surface area contributed by atoms with Crippen molar-refractivity contribution in [2.45, 2.75) is 52.0 Å². The van der Waals surface area contributed by atoms with Crippen molar-refractivity contribution in [2.24, 2.45) is 5.92 Å². The largest absolute Gasteiger partial charge is 0.353 e. The first-order valence-electron chi connectivity index (χ1n) is 5.70. The van der Waals surface area contributed by atoms with Gasteiger partial charge in [0.15, 0.2) is 0 Å². The third-order valence-electron chi connectivity index (χ3n) is 3.14. The van der Waals surface area contributed by atoms with Crippen molar-refractivity contribution < 1.29 is 9.59 Å². The van der Waals surface area contributed by atoms with Gasteiger partial charge in [0.1, 0.15) is 5.94 Å². The number of nitrogens with one attached hydrogen (secondary N) is 1. The average molecular weight is 209 g/mol. The summed E-state index contributed by atoms with van der Waals surface area (Å²) in [5.41, 5.74) is 0.865. The summed E-state index contributed by atoms with van der Waals surface area (Å²) >= 11 is 0. The van der Waals surface area contributed by atoms with Crippen molar-refractivity contribution in [3.8, 4) is 0 Å². The Labute approximate surface area is 90.9 Å². The fraction of sp³-hybridized carbons (Fsp3) is 0.750. The standard InChI is InChI=1S/C12H19NO2/c1-3-9(2)12(15)13-11-6-4-10(8-14)5-7-11/h9,11H,3-7H2,1-2H3,(H,13,15). The van der Waals surface area contributed by atoms with Gasteiger partial charge in [-0.25, -0.2) is 4.79 Å². The van der Waals surface area contributed by atoms with Gasteiger partial charge in [0.05, 0.1) is 0 Å². The van der Waals surface area contributed by atoms with Gasteiger partial charge in [0, 0.05) is 17.5 Å². The molecular formula is C12H19NO2. The summed E-state index contributed by atoms with van der Waals surface area (Å²) in [5, 5.41) is 3.03. The second-order valence-electron chi connectivity index (χ2n) is 4.30. The van der Waals surface area contributed by atoms with Crippen LogP contribution in [0.4, 0.5) is 0 Å². The molecule has 0 aromatic rings. The predicted octanol–water partition coefficient (Wildman–Crippen LogP) is 1.85. The van der Waals surface area contributed by atoms with E-state index in [0.717, 1.165) is 37.7 Å². The fourth-order valence-electron chi connectivity index (χ4n) is 1.74. The van der Waals surface area contributed by atoms with Gasteiger partial charge >= 0.3 is 0 Å². The highest BCUT2D eigenvalue weighted by atomic mass is 16.1. The predicted molar refractivity (Wildman–Crippen MR) is 59.1 cm³/mol. The highest BCUT2D eigenvalue weighted by Crippen LogP contribution is 2.21. The Morgan fingerprint density at radius 3 is 2.60 bits per heavy atom. The van der Waals surface area contributed by atoms with E-state index in [2.05, 4.69) is 5.32 Å². The molecule has 1 aliphatic rings. The molecule has 0 heterocycles. The van der Waals surface area contributed by atoms with Crippen LogP contribution in [-0.4, -0.2) is 17.9 Å². The van der Waals surface area contributed by atoms with Crippen LogP contribution in [0.2, 0.25) is 0 Å². The van der Waals surface area contributed by atoms with Gasteiger partial charge in [-0.3, -0.25) is 4.79 Å². The quantitative estimate of drug-likeness (QED) is 0.721. The third kappa shape index (κ3) is 3.52. The average Bonchev–Trinajstić information content (AvgIpc) is 2.29. The molecule has 1 rings (SSSR count). The van der Waals surface area contributed by atoms with Crippen molar-refractivity contribution in [3.05, 3.63) is 5.57 Å². The van der Waals surface area contributed by atoms with Crippen LogP contribution in [0.5, 0.6) is 0 Å². The molecule has 84 valence electrons. The molecule has 1 aliphatic carbocycles. The van der Waals surface area contributed by atoms with Crippen molar-refractivity contribution in [2.75, 3.05) is 0 Å². The molecule has 0 aromatic carbocycles. The Hall–Kier alpha value is -1.08. The molecule has 0 aliphatic heterocycles. The third-order valence-corrected chi connectivity index (χ3v) is 3.14. The van der Waals surface area contributed by atoms with Crippen LogP contribution in [-0.2, 0) is 9.59 Å². The van der Waals surface area contributed by atoms with Crippen LogP contribution in [0, 0.1) is 5.92 Å².